The van der Waals surface area contributed by atoms with Gasteiger partial charge in [-0.3, -0.25) is 15.5 Å². The SMILES string of the molecule is COc1ccc(/C(C)=N\Nc2cccc([N+](=O)[O-])c2)c2ccccc12. The zero-order valence-corrected chi connectivity index (χ0v) is 13.9. The summed E-state index contributed by atoms with van der Waals surface area (Å²) in [6.45, 7) is 1.89. The molecule has 3 rings (SSSR count). The van der Waals surface area contributed by atoms with Crippen molar-refractivity contribution in [1.82, 2.24) is 0 Å². The highest BCUT2D eigenvalue weighted by Gasteiger charge is 2.09. The lowest BCUT2D eigenvalue weighted by Gasteiger charge is -2.10. The van der Waals surface area contributed by atoms with E-state index >= 15 is 0 Å². The quantitative estimate of drug-likeness (QED) is 0.420. The molecule has 0 aliphatic rings. The Kier molecular flexibility index (Phi) is 4.61. The molecule has 3 aromatic carbocycles. The number of ether oxygens (including phenoxy) is 1. The van der Waals surface area contributed by atoms with Crippen LogP contribution < -0.4 is 10.2 Å². The van der Waals surface area contributed by atoms with Crippen LogP contribution in [0.2, 0.25) is 0 Å². The molecule has 0 aliphatic carbocycles. The van der Waals surface area contributed by atoms with Crippen LogP contribution in [-0.2, 0) is 0 Å². The van der Waals surface area contributed by atoms with Crippen molar-refractivity contribution in [2.24, 2.45) is 5.10 Å². The molecular weight excluding hydrogens is 318 g/mol. The second-order valence-electron chi connectivity index (χ2n) is 5.48. The molecule has 25 heavy (non-hydrogen) atoms. The van der Waals surface area contributed by atoms with Gasteiger partial charge in [-0.25, -0.2) is 0 Å². The first kappa shape index (κ1) is 16.4. The largest absolute Gasteiger partial charge is 0.496 e. The van der Waals surface area contributed by atoms with E-state index in [0.717, 1.165) is 27.8 Å². The number of hydrogen-bond acceptors (Lipinski definition) is 5. The number of fused-ring (bicyclic) bond motifs is 1. The molecule has 6 heteroatoms. The molecule has 0 unspecified atom stereocenters. The maximum absolute atomic E-state index is 10.8. The summed E-state index contributed by atoms with van der Waals surface area (Å²) in [4.78, 5) is 10.4. The normalized spacial score (nSPS) is 11.4. The van der Waals surface area contributed by atoms with Crippen LogP contribution in [0.25, 0.3) is 10.8 Å². The van der Waals surface area contributed by atoms with Crippen LogP contribution in [0, 0.1) is 10.1 Å². The van der Waals surface area contributed by atoms with Gasteiger partial charge in [0.1, 0.15) is 5.75 Å². The topological polar surface area (TPSA) is 76.8 Å². The lowest BCUT2D eigenvalue weighted by molar-refractivity contribution is -0.384. The second kappa shape index (κ2) is 7.00. The van der Waals surface area contributed by atoms with Crippen molar-refractivity contribution in [3.05, 3.63) is 76.3 Å². The van der Waals surface area contributed by atoms with E-state index < -0.39 is 4.92 Å². The summed E-state index contributed by atoms with van der Waals surface area (Å²) >= 11 is 0. The first-order valence-corrected chi connectivity index (χ1v) is 7.71. The van der Waals surface area contributed by atoms with Gasteiger partial charge in [-0.2, -0.15) is 5.10 Å². The Morgan fingerprint density at radius 3 is 2.56 bits per heavy atom. The zero-order valence-electron chi connectivity index (χ0n) is 13.9. The zero-order chi connectivity index (χ0) is 17.8. The third-order valence-electron chi connectivity index (χ3n) is 3.90. The van der Waals surface area contributed by atoms with E-state index in [1.807, 2.05) is 43.3 Å². The minimum absolute atomic E-state index is 0.0211. The first-order chi connectivity index (χ1) is 12.1. The Labute approximate surface area is 144 Å². The molecule has 0 saturated heterocycles. The number of methoxy groups -OCH3 is 1. The van der Waals surface area contributed by atoms with Crippen LogP contribution in [-0.4, -0.2) is 17.7 Å². The van der Waals surface area contributed by atoms with Crippen LogP contribution in [0.1, 0.15) is 12.5 Å². The molecule has 0 amide bonds. The van der Waals surface area contributed by atoms with Crippen molar-refractivity contribution in [3.8, 4) is 5.75 Å². The predicted molar refractivity (Wildman–Crippen MR) is 99.4 cm³/mol. The summed E-state index contributed by atoms with van der Waals surface area (Å²) in [5.74, 6) is 0.804. The average molecular weight is 335 g/mol. The number of rotatable bonds is 5. The summed E-state index contributed by atoms with van der Waals surface area (Å²) in [5.41, 5.74) is 5.20. The third kappa shape index (κ3) is 3.42. The number of nitro groups is 1. The highest BCUT2D eigenvalue weighted by Crippen LogP contribution is 2.28. The summed E-state index contributed by atoms with van der Waals surface area (Å²) in [5, 5.41) is 17.3. The van der Waals surface area contributed by atoms with E-state index in [0.29, 0.717) is 5.69 Å². The Morgan fingerprint density at radius 1 is 1.08 bits per heavy atom. The van der Waals surface area contributed by atoms with Crippen molar-refractivity contribution in [2.75, 3.05) is 12.5 Å². The average Bonchev–Trinajstić information content (AvgIpc) is 2.65. The fraction of sp³-hybridized carbons (Fsp3) is 0.105. The summed E-state index contributed by atoms with van der Waals surface area (Å²) in [6.07, 6.45) is 0. The molecule has 0 heterocycles. The molecule has 126 valence electrons. The van der Waals surface area contributed by atoms with Gasteiger partial charge >= 0.3 is 0 Å². The van der Waals surface area contributed by atoms with Gasteiger partial charge in [0.05, 0.1) is 23.4 Å². The van der Waals surface area contributed by atoms with E-state index in [1.54, 1.807) is 19.2 Å². The van der Waals surface area contributed by atoms with E-state index in [2.05, 4.69) is 10.5 Å². The molecule has 0 aromatic heterocycles. The number of nitrogens with one attached hydrogen (secondary N) is 1. The molecule has 3 aromatic rings. The lowest BCUT2D eigenvalue weighted by Crippen LogP contribution is -2.01. The molecule has 6 nitrogen and oxygen atoms in total. The lowest BCUT2D eigenvalue weighted by atomic mass is 10.0. The van der Waals surface area contributed by atoms with Crippen molar-refractivity contribution >= 4 is 27.9 Å². The molecule has 0 aliphatic heterocycles. The van der Waals surface area contributed by atoms with E-state index in [-0.39, 0.29) is 5.69 Å². The molecule has 0 spiro atoms. The van der Waals surface area contributed by atoms with Crippen LogP contribution in [0.5, 0.6) is 5.75 Å². The Balaban J connectivity index is 1.94. The van der Waals surface area contributed by atoms with Crippen molar-refractivity contribution in [3.63, 3.8) is 0 Å². The van der Waals surface area contributed by atoms with Gasteiger partial charge in [-0.05, 0) is 30.5 Å². The van der Waals surface area contributed by atoms with Crippen molar-refractivity contribution < 1.29 is 9.66 Å². The monoisotopic (exact) mass is 335 g/mol. The van der Waals surface area contributed by atoms with Gasteiger partial charge in [0.2, 0.25) is 0 Å². The minimum Gasteiger partial charge on any atom is -0.496 e. The maximum atomic E-state index is 10.8. The highest BCUT2D eigenvalue weighted by molar-refractivity contribution is 6.11. The number of non-ortho nitro benzene ring substituents is 1. The fourth-order valence-corrected chi connectivity index (χ4v) is 2.66. The molecule has 0 saturated carbocycles. The van der Waals surface area contributed by atoms with Gasteiger partial charge in [-0.15, -0.1) is 0 Å². The molecule has 0 fully saturated rings. The fourth-order valence-electron chi connectivity index (χ4n) is 2.66. The van der Waals surface area contributed by atoms with Crippen molar-refractivity contribution in [1.29, 1.82) is 0 Å². The molecule has 0 atom stereocenters. The van der Waals surface area contributed by atoms with Crippen LogP contribution >= 0.6 is 0 Å². The van der Waals surface area contributed by atoms with Crippen molar-refractivity contribution in [2.45, 2.75) is 6.92 Å². The van der Waals surface area contributed by atoms with Crippen LogP contribution in [0.15, 0.2) is 65.8 Å². The molecule has 1 N–H and O–H groups in total. The minimum atomic E-state index is -0.432. The van der Waals surface area contributed by atoms with E-state index in [1.165, 1.54) is 12.1 Å². The molecule has 0 bridgehead atoms. The van der Waals surface area contributed by atoms with E-state index in [4.69, 9.17) is 4.74 Å². The number of nitrogens with zero attached hydrogens (tertiary/aromatic N) is 2. The molecule has 0 radical (unpaired) electrons. The van der Waals surface area contributed by atoms with Gasteiger partial charge < -0.3 is 4.74 Å². The summed E-state index contributed by atoms with van der Waals surface area (Å²) < 4.78 is 5.41. The number of nitro benzene ring substituents is 1. The smallest absolute Gasteiger partial charge is 0.271 e. The van der Waals surface area contributed by atoms with E-state index in [9.17, 15) is 10.1 Å². The Bertz CT molecular complexity index is 967. The van der Waals surface area contributed by atoms with Crippen LogP contribution in [0.4, 0.5) is 11.4 Å². The Morgan fingerprint density at radius 2 is 1.84 bits per heavy atom. The first-order valence-electron chi connectivity index (χ1n) is 7.71. The second-order valence-corrected chi connectivity index (χ2v) is 5.48. The number of hydrazone groups is 1. The van der Waals surface area contributed by atoms with Gasteiger partial charge in [0, 0.05) is 23.1 Å². The van der Waals surface area contributed by atoms with Crippen LogP contribution in [0.3, 0.4) is 0 Å². The van der Waals surface area contributed by atoms with Gasteiger partial charge in [-0.1, -0.05) is 30.3 Å². The maximum Gasteiger partial charge on any atom is 0.271 e. The Hall–Kier alpha value is -3.41. The van der Waals surface area contributed by atoms with Gasteiger partial charge in [0.15, 0.2) is 0 Å². The highest BCUT2D eigenvalue weighted by atomic mass is 16.6. The van der Waals surface area contributed by atoms with Gasteiger partial charge in [0.25, 0.3) is 5.69 Å². The predicted octanol–water partition coefficient (Wildman–Crippen LogP) is 4.59. The number of hydrogen-bond donors (Lipinski definition) is 1. The summed E-state index contributed by atoms with van der Waals surface area (Å²) in [6, 6.07) is 18.0. The summed E-state index contributed by atoms with van der Waals surface area (Å²) in [7, 11) is 1.65. The third-order valence-corrected chi connectivity index (χ3v) is 3.90. The number of anilines is 1. The standard InChI is InChI=1S/C19H17N3O3/c1-13(20-21-14-6-5-7-15(12-14)22(23)24)16-10-11-19(25-2)18-9-4-3-8-17(16)18/h3-12,21H,1-2H3/b20-13-. The number of benzene rings is 3. The molecular formula is C19H17N3O3.